The lowest BCUT2D eigenvalue weighted by Gasteiger charge is -2.29. The van der Waals surface area contributed by atoms with Gasteiger partial charge in [-0.25, -0.2) is 9.97 Å². The Labute approximate surface area is 190 Å². The predicted molar refractivity (Wildman–Crippen MR) is 131 cm³/mol. The average molecular weight is 417 g/mol. The van der Waals surface area contributed by atoms with Crippen molar-refractivity contribution in [2.24, 2.45) is 5.92 Å². The maximum Gasteiger partial charge on any atom is 0.205 e. The van der Waals surface area contributed by atoms with Gasteiger partial charge in [0.2, 0.25) is 5.82 Å². The highest BCUT2D eigenvalue weighted by Gasteiger charge is 2.21. The smallest absolute Gasteiger partial charge is 0.205 e. The van der Waals surface area contributed by atoms with Crippen molar-refractivity contribution in [3.05, 3.63) is 59.2 Å². The molecule has 1 aromatic carbocycles. The first-order chi connectivity index (χ1) is 15.3. The summed E-state index contributed by atoms with van der Waals surface area (Å²) in [5.41, 5.74) is 3.75. The van der Waals surface area contributed by atoms with Crippen LogP contribution in [0.1, 0.15) is 119 Å². The molecular weight excluding hydrogens is 376 g/mol. The van der Waals surface area contributed by atoms with E-state index in [1.165, 1.54) is 88.2 Å². The second-order valence-corrected chi connectivity index (χ2v) is 9.31. The number of hydrogen-bond acceptors (Lipinski definition) is 2. The zero-order valence-corrected chi connectivity index (χ0v) is 19.7. The summed E-state index contributed by atoms with van der Waals surface area (Å²) in [4.78, 5) is 8.87. The highest BCUT2D eigenvalue weighted by atomic mass is 14.8. The highest BCUT2D eigenvalue weighted by molar-refractivity contribution is 5.40. The van der Waals surface area contributed by atoms with Gasteiger partial charge in [0.25, 0.3) is 0 Å². The molecule has 0 atom stereocenters. The quantitative estimate of drug-likeness (QED) is 0.291. The monoisotopic (exact) mass is 416 g/mol. The van der Waals surface area contributed by atoms with Crippen LogP contribution in [-0.2, 0) is 6.42 Å². The molecule has 0 N–H and O–H groups in total. The molecule has 2 nitrogen and oxygen atoms in total. The summed E-state index contributed by atoms with van der Waals surface area (Å²) in [6, 6.07) is 8.90. The van der Waals surface area contributed by atoms with Gasteiger partial charge >= 0.3 is 0 Å². The molecule has 0 aliphatic heterocycles. The molecule has 1 aliphatic carbocycles. The topological polar surface area (TPSA) is 25.8 Å². The summed E-state index contributed by atoms with van der Waals surface area (Å²) in [6.45, 7) is 4.54. The molecule has 0 unspecified atom stereocenters. The Bertz CT molecular complexity index is 803. The van der Waals surface area contributed by atoms with Crippen LogP contribution in [-0.4, -0.2) is 9.97 Å². The van der Waals surface area contributed by atoms with E-state index < -0.39 is 0 Å². The third kappa shape index (κ3) is 8.13. The fourth-order valence-corrected chi connectivity index (χ4v) is 4.74. The first-order valence-corrected chi connectivity index (χ1v) is 12.7. The molecule has 1 aliphatic rings. The van der Waals surface area contributed by atoms with Crippen molar-refractivity contribution in [3.8, 4) is 11.8 Å². The summed E-state index contributed by atoms with van der Waals surface area (Å²) in [5, 5.41) is 0. The summed E-state index contributed by atoms with van der Waals surface area (Å²) < 4.78 is 0. The lowest BCUT2D eigenvalue weighted by molar-refractivity contribution is 0.303. The molecule has 1 heterocycles. The zero-order chi connectivity index (χ0) is 21.7. The molecule has 1 fully saturated rings. The van der Waals surface area contributed by atoms with E-state index in [0.29, 0.717) is 5.82 Å². The minimum Gasteiger partial charge on any atom is -0.229 e. The first kappa shape index (κ1) is 23.5. The molecule has 0 spiro atoms. The molecule has 0 bridgehead atoms. The summed E-state index contributed by atoms with van der Waals surface area (Å²) in [7, 11) is 0. The minimum absolute atomic E-state index is 0.614. The molecule has 0 radical (unpaired) electrons. The van der Waals surface area contributed by atoms with Crippen molar-refractivity contribution in [2.75, 3.05) is 0 Å². The van der Waals surface area contributed by atoms with Crippen molar-refractivity contribution in [2.45, 2.75) is 103 Å². The third-order valence-electron chi connectivity index (χ3n) is 6.79. The fourth-order valence-electron chi connectivity index (χ4n) is 4.74. The van der Waals surface area contributed by atoms with Crippen molar-refractivity contribution < 1.29 is 0 Å². The van der Waals surface area contributed by atoms with Gasteiger partial charge in [-0.1, -0.05) is 76.8 Å². The van der Waals surface area contributed by atoms with Crippen LogP contribution in [0.3, 0.4) is 0 Å². The van der Waals surface area contributed by atoms with Crippen LogP contribution in [0, 0.1) is 17.8 Å². The van der Waals surface area contributed by atoms with Gasteiger partial charge in [-0.05, 0) is 79.5 Å². The average Bonchev–Trinajstić information content (AvgIpc) is 2.82. The van der Waals surface area contributed by atoms with Crippen LogP contribution in [0.4, 0.5) is 0 Å². The molecular formula is C29H40N2. The maximum absolute atomic E-state index is 4.43. The highest BCUT2D eigenvalue weighted by Crippen LogP contribution is 2.37. The van der Waals surface area contributed by atoms with Crippen LogP contribution < -0.4 is 0 Å². The number of unbranched alkanes of at least 4 members (excludes halogenated alkanes) is 5. The van der Waals surface area contributed by atoms with Crippen LogP contribution in [0.5, 0.6) is 0 Å². The van der Waals surface area contributed by atoms with E-state index in [0.717, 1.165) is 23.8 Å². The Balaban J connectivity index is 1.46. The second kappa shape index (κ2) is 13.3. The third-order valence-corrected chi connectivity index (χ3v) is 6.79. The molecule has 2 heteroatoms. The lowest BCUT2D eigenvalue weighted by Crippen LogP contribution is -2.13. The first-order valence-electron chi connectivity index (χ1n) is 12.7. The SMILES string of the molecule is CCCCCCc1cnc(C#Cc2ccc(C3CCC(CCCCC)CC3)cc2)nc1. The predicted octanol–water partition coefficient (Wildman–Crippen LogP) is 7.85. The summed E-state index contributed by atoms with van der Waals surface area (Å²) in [5.74, 6) is 8.67. The van der Waals surface area contributed by atoms with Crippen LogP contribution in [0.2, 0.25) is 0 Å². The van der Waals surface area contributed by atoms with Gasteiger partial charge in [-0.15, -0.1) is 0 Å². The molecule has 0 amide bonds. The second-order valence-electron chi connectivity index (χ2n) is 9.31. The minimum atomic E-state index is 0.614. The standard InChI is InChI=1S/C29H40N2/c1-3-5-7-9-11-26-22-30-29(31-23-26)21-16-25-14-19-28(20-15-25)27-17-12-24(13-18-27)10-8-6-4-2/h14-15,19-20,22-24,27H,3-13,17-18H2,1-2H3. The molecule has 1 aromatic heterocycles. The molecule has 0 saturated heterocycles. The van der Waals surface area contributed by atoms with E-state index in [1.807, 2.05) is 12.4 Å². The number of hydrogen-bond donors (Lipinski definition) is 0. The fraction of sp³-hybridized carbons (Fsp3) is 0.586. The molecule has 31 heavy (non-hydrogen) atoms. The van der Waals surface area contributed by atoms with Crippen molar-refractivity contribution in [1.82, 2.24) is 9.97 Å². The van der Waals surface area contributed by atoms with Crippen molar-refractivity contribution in [1.29, 1.82) is 0 Å². The van der Waals surface area contributed by atoms with Gasteiger partial charge in [-0.2, -0.15) is 0 Å². The largest absolute Gasteiger partial charge is 0.229 e. The number of aromatic nitrogens is 2. The Morgan fingerprint density at radius 1 is 0.774 bits per heavy atom. The van der Waals surface area contributed by atoms with E-state index in [-0.39, 0.29) is 0 Å². The number of benzene rings is 1. The van der Waals surface area contributed by atoms with Crippen molar-refractivity contribution in [3.63, 3.8) is 0 Å². The van der Waals surface area contributed by atoms with Gasteiger partial charge in [0.1, 0.15) is 0 Å². The van der Waals surface area contributed by atoms with Crippen LogP contribution in [0.25, 0.3) is 0 Å². The van der Waals surface area contributed by atoms with Crippen molar-refractivity contribution >= 4 is 0 Å². The van der Waals surface area contributed by atoms with Gasteiger partial charge < -0.3 is 0 Å². The Kier molecular flexibility index (Phi) is 10.1. The van der Waals surface area contributed by atoms with E-state index in [2.05, 4.69) is 59.9 Å². The molecule has 166 valence electrons. The Morgan fingerprint density at radius 3 is 2.13 bits per heavy atom. The van der Waals surface area contributed by atoms with Crippen LogP contribution >= 0.6 is 0 Å². The van der Waals surface area contributed by atoms with E-state index in [9.17, 15) is 0 Å². The normalized spacial score (nSPS) is 18.4. The zero-order valence-electron chi connectivity index (χ0n) is 19.7. The number of aryl methyl sites for hydroxylation is 1. The summed E-state index contributed by atoms with van der Waals surface area (Å²) >= 11 is 0. The van der Waals surface area contributed by atoms with E-state index >= 15 is 0 Å². The van der Waals surface area contributed by atoms with Crippen LogP contribution in [0.15, 0.2) is 36.7 Å². The number of rotatable bonds is 10. The molecule has 3 rings (SSSR count). The Hall–Kier alpha value is -2.14. The van der Waals surface area contributed by atoms with Gasteiger partial charge in [0.05, 0.1) is 0 Å². The van der Waals surface area contributed by atoms with Gasteiger partial charge in [0, 0.05) is 18.0 Å². The summed E-state index contributed by atoms with van der Waals surface area (Å²) in [6.07, 6.45) is 21.1. The number of nitrogens with zero attached hydrogens (tertiary/aromatic N) is 2. The van der Waals surface area contributed by atoms with Gasteiger partial charge in [0.15, 0.2) is 0 Å². The van der Waals surface area contributed by atoms with Gasteiger partial charge in [-0.3, -0.25) is 0 Å². The van der Waals surface area contributed by atoms with E-state index in [4.69, 9.17) is 0 Å². The maximum atomic E-state index is 4.43. The molecule has 1 saturated carbocycles. The molecule has 2 aromatic rings. The lowest BCUT2D eigenvalue weighted by atomic mass is 9.77. The van der Waals surface area contributed by atoms with E-state index in [1.54, 1.807) is 0 Å². The Morgan fingerprint density at radius 2 is 1.45 bits per heavy atom.